The fraction of sp³-hybridized carbons (Fsp3) is 0.462. The molecule has 1 heterocycles. The second-order valence-electron chi connectivity index (χ2n) is 4.59. The molecule has 2 rings (SSSR count). The molecule has 0 saturated carbocycles. The Bertz CT molecular complexity index is 565. The minimum Gasteiger partial charge on any atom is -0.369 e. The van der Waals surface area contributed by atoms with Crippen molar-refractivity contribution in [3.63, 3.8) is 0 Å². The third kappa shape index (κ3) is 2.36. The molecule has 98 valence electrons. The van der Waals surface area contributed by atoms with Crippen LogP contribution in [0.5, 0.6) is 0 Å². The molecule has 0 aliphatic heterocycles. The average Bonchev–Trinajstić information content (AvgIpc) is 2.62. The first-order valence-electron chi connectivity index (χ1n) is 6.17. The Morgan fingerprint density at radius 1 is 1.50 bits per heavy atom. The van der Waals surface area contributed by atoms with Gasteiger partial charge >= 0.3 is 0 Å². The van der Waals surface area contributed by atoms with Crippen LogP contribution in [0.4, 0.5) is 10.3 Å². The number of benzene rings is 1. The maximum Gasteiger partial charge on any atom is 0.201 e. The van der Waals surface area contributed by atoms with E-state index in [9.17, 15) is 4.39 Å². The number of halogens is 2. The molecule has 1 atom stereocenters. The van der Waals surface area contributed by atoms with Crippen molar-refractivity contribution in [3.05, 3.63) is 22.4 Å². The smallest absolute Gasteiger partial charge is 0.201 e. The zero-order valence-electron chi connectivity index (χ0n) is 10.6. The van der Waals surface area contributed by atoms with Gasteiger partial charge in [-0.3, -0.25) is 0 Å². The SMILES string of the molecule is CCCCC(C)n1c(N)nc2cc(F)c(Br)cc21. The Morgan fingerprint density at radius 2 is 2.22 bits per heavy atom. The van der Waals surface area contributed by atoms with Crippen molar-refractivity contribution in [2.45, 2.75) is 39.2 Å². The van der Waals surface area contributed by atoms with Gasteiger partial charge in [-0.05, 0) is 35.3 Å². The second-order valence-corrected chi connectivity index (χ2v) is 5.44. The molecule has 5 heteroatoms. The number of unbranched alkanes of at least 4 members (excludes halogenated alkanes) is 1. The highest BCUT2D eigenvalue weighted by atomic mass is 79.9. The van der Waals surface area contributed by atoms with Crippen LogP contribution in [0.15, 0.2) is 16.6 Å². The summed E-state index contributed by atoms with van der Waals surface area (Å²) in [6.07, 6.45) is 3.33. The number of nitrogens with zero attached hydrogens (tertiary/aromatic N) is 2. The number of nitrogen functional groups attached to an aromatic ring is 1. The number of nitrogens with two attached hydrogens (primary N) is 1. The molecule has 1 aromatic heterocycles. The van der Waals surface area contributed by atoms with E-state index in [1.807, 2.05) is 4.57 Å². The van der Waals surface area contributed by atoms with Gasteiger partial charge in [0.05, 0.1) is 15.5 Å². The monoisotopic (exact) mass is 313 g/mol. The minimum absolute atomic E-state index is 0.271. The third-order valence-electron chi connectivity index (χ3n) is 3.18. The lowest BCUT2D eigenvalue weighted by Gasteiger charge is -2.15. The van der Waals surface area contributed by atoms with E-state index in [2.05, 4.69) is 34.8 Å². The highest BCUT2D eigenvalue weighted by Gasteiger charge is 2.15. The standard InChI is InChI=1S/C13H17BrFN3/c1-3-4-5-8(2)18-12-6-9(14)10(15)7-11(12)17-13(18)16/h6-8H,3-5H2,1-2H3,(H2,16,17). The first-order valence-corrected chi connectivity index (χ1v) is 6.96. The fourth-order valence-electron chi connectivity index (χ4n) is 2.20. The van der Waals surface area contributed by atoms with E-state index in [-0.39, 0.29) is 11.9 Å². The number of imidazole rings is 1. The molecule has 18 heavy (non-hydrogen) atoms. The molecule has 0 saturated heterocycles. The molecule has 0 radical (unpaired) electrons. The number of hydrogen-bond donors (Lipinski definition) is 1. The Hall–Kier alpha value is -1.10. The van der Waals surface area contributed by atoms with Crippen LogP contribution in [0.3, 0.4) is 0 Å². The molecule has 2 N–H and O–H groups in total. The predicted octanol–water partition coefficient (Wildman–Crippen LogP) is 4.27. The summed E-state index contributed by atoms with van der Waals surface area (Å²) in [5.41, 5.74) is 7.43. The van der Waals surface area contributed by atoms with Gasteiger partial charge in [-0.15, -0.1) is 0 Å². The molecule has 0 bridgehead atoms. The van der Waals surface area contributed by atoms with Crippen LogP contribution < -0.4 is 5.73 Å². The Morgan fingerprint density at radius 3 is 2.89 bits per heavy atom. The fourth-order valence-corrected chi connectivity index (χ4v) is 2.53. The van der Waals surface area contributed by atoms with E-state index in [1.165, 1.54) is 6.07 Å². The molecule has 0 fully saturated rings. The predicted molar refractivity (Wildman–Crippen MR) is 76.0 cm³/mol. The van der Waals surface area contributed by atoms with Crippen molar-refractivity contribution in [2.75, 3.05) is 5.73 Å². The molecule has 1 unspecified atom stereocenters. The maximum absolute atomic E-state index is 13.5. The summed E-state index contributed by atoms with van der Waals surface area (Å²) >= 11 is 3.20. The van der Waals surface area contributed by atoms with Gasteiger partial charge in [0.2, 0.25) is 5.95 Å². The lowest BCUT2D eigenvalue weighted by molar-refractivity contribution is 0.501. The van der Waals surface area contributed by atoms with Gasteiger partial charge in [0, 0.05) is 12.1 Å². The average molecular weight is 314 g/mol. The van der Waals surface area contributed by atoms with Crippen molar-refractivity contribution < 1.29 is 4.39 Å². The highest BCUT2D eigenvalue weighted by molar-refractivity contribution is 9.10. The molecule has 0 aliphatic carbocycles. The summed E-state index contributed by atoms with van der Waals surface area (Å²) in [5.74, 6) is 0.138. The van der Waals surface area contributed by atoms with E-state index < -0.39 is 0 Å². The van der Waals surface area contributed by atoms with Gasteiger partial charge in [-0.2, -0.15) is 0 Å². The van der Waals surface area contributed by atoms with Crippen LogP contribution in [-0.4, -0.2) is 9.55 Å². The molecule has 0 spiro atoms. The molecule has 2 aromatic rings. The van der Waals surface area contributed by atoms with Crippen molar-refractivity contribution >= 4 is 32.9 Å². The van der Waals surface area contributed by atoms with Crippen molar-refractivity contribution in [2.24, 2.45) is 0 Å². The largest absolute Gasteiger partial charge is 0.369 e. The molecule has 0 amide bonds. The number of hydrogen-bond acceptors (Lipinski definition) is 2. The highest BCUT2D eigenvalue weighted by Crippen LogP contribution is 2.29. The van der Waals surface area contributed by atoms with Crippen molar-refractivity contribution in [3.8, 4) is 0 Å². The second kappa shape index (κ2) is 5.26. The van der Waals surface area contributed by atoms with Crippen LogP contribution in [0.1, 0.15) is 39.2 Å². The van der Waals surface area contributed by atoms with Crippen molar-refractivity contribution in [1.82, 2.24) is 9.55 Å². The number of rotatable bonds is 4. The zero-order chi connectivity index (χ0) is 13.3. The van der Waals surface area contributed by atoms with Crippen LogP contribution in [0.2, 0.25) is 0 Å². The van der Waals surface area contributed by atoms with E-state index in [0.717, 1.165) is 24.8 Å². The Kier molecular flexibility index (Phi) is 3.90. The van der Waals surface area contributed by atoms with Crippen LogP contribution in [0, 0.1) is 5.82 Å². The Labute approximate surface area is 114 Å². The van der Waals surface area contributed by atoms with Gasteiger partial charge < -0.3 is 10.3 Å². The number of anilines is 1. The number of aromatic nitrogens is 2. The van der Waals surface area contributed by atoms with Gasteiger partial charge in [0.25, 0.3) is 0 Å². The van der Waals surface area contributed by atoms with Gasteiger partial charge in [-0.1, -0.05) is 19.8 Å². The lowest BCUT2D eigenvalue weighted by Crippen LogP contribution is -2.08. The summed E-state index contributed by atoms with van der Waals surface area (Å²) in [4.78, 5) is 4.22. The van der Waals surface area contributed by atoms with Gasteiger partial charge in [0.15, 0.2) is 0 Å². The van der Waals surface area contributed by atoms with E-state index >= 15 is 0 Å². The zero-order valence-corrected chi connectivity index (χ0v) is 12.2. The van der Waals surface area contributed by atoms with E-state index in [1.54, 1.807) is 6.07 Å². The van der Waals surface area contributed by atoms with Gasteiger partial charge in [0.1, 0.15) is 5.82 Å². The van der Waals surface area contributed by atoms with Gasteiger partial charge in [-0.25, -0.2) is 9.37 Å². The molecular formula is C13H17BrFN3. The molecule has 3 nitrogen and oxygen atoms in total. The minimum atomic E-state index is -0.312. The molecule has 1 aromatic carbocycles. The van der Waals surface area contributed by atoms with E-state index in [0.29, 0.717) is 15.9 Å². The Balaban J connectivity index is 2.49. The first-order chi connectivity index (χ1) is 8.54. The molecular weight excluding hydrogens is 297 g/mol. The topological polar surface area (TPSA) is 43.8 Å². The summed E-state index contributed by atoms with van der Waals surface area (Å²) in [7, 11) is 0. The normalized spacial score (nSPS) is 13.1. The van der Waals surface area contributed by atoms with Crippen LogP contribution in [0.25, 0.3) is 11.0 Å². The first kappa shape index (κ1) is 13.3. The lowest BCUT2D eigenvalue weighted by atomic mass is 10.1. The summed E-state index contributed by atoms with van der Waals surface area (Å²) in [5, 5.41) is 0. The maximum atomic E-state index is 13.5. The summed E-state index contributed by atoms with van der Waals surface area (Å²) < 4.78 is 15.9. The molecule has 0 aliphatic rings. The van der Waals surface area contributed by atoms with Crippen molar-refractivity contribution in [1.29, 1.82) is 0 Å². The third-order valence-corrected chi connectivity index (χ3v) is 3.78. The number of fused-ring (bicyclic) bond motifs is 1. The summed E-state index contributed by atoms with van der Waals surface area (Å²) in [6, 6.07) is 3.43. The quantitative estimate of drug-likeness (QED) is 0.916. The van der Waals surface area contributed by atoms with Crippen LogP contribution in [-0.2, 0) is 0 Å². The van der Waals surface area contributed by atoms with Crippen LogP contribution >= 0.6 is 15.9 Å². The summed E-state index contributed by atoms with van der Waals surface area (Å²) in [6.45, 7) is 4.28. The van der Waals surface area contributed by atoms with E-state index in [4.69, 9.17) is 5.73 Å².